The Morgan fingerprint density at radius 3 is 2.95 bits per heavy atom. The summed E-state index contributed by atoms with van der Waals surface area (Å²) in [5, 5.41) is 9.00. The van der Waals surface area contributed by atoms with Gasteiger partial charge < -0.3 is 14.9 Å². The van der Waals surface area contributed by atoms with Gasteiger partial charge in [0.05, 0.1) is 5.41 Å². The fourth-order valence-corrected chi connectivity index (χ4v) is 3.74. The molecule has 1 saturated heterocycles. The van der Waals surface area contributed by atoms with E-state index in [0.717, 1.165) is 44.6 Å². The van der Waals surface area contributed by atoms with Crippen molar-refractivity contribution in [3.63, 3.8) is 0 Å². The highest BCUT2D eigenvalue weighted by Crippen LogP contribution is 2.46. The van der Waals surface area contributed by atoms with Crippen molar-refractivity contribution in [3.05, 3.63) is 29.8 Å². The standard InChI is InChI=1S/C16H22N2O2/c1-17-14-7-3-2-6-13(14)16(15(17)20)8-4-9-18(12-16)10-5-11-19/h2-3,6-7,19H,4-5,8-12H2,1H3/t16-/m1/s1. The maximum Gasteiger partial charge on any atom is 0.238 e. The number of hydrogen-bond donors (Lipinski definition) is 1. The average molecular weight is 274 g/mol. The number of anilines is 1. The third kappa shape index (κ3) is 1.95. The topological polar surface area (TPSA) is 43.8 Å². The van der Waals surface area contributed by atoms with Crippen LogP contribution in [-0.4, -0.2) is 49.2 Å². The highest BCUT2D eigenvalue weighted by Gasteiger charge is 2.51. The molecule has 4 nitrogen and oxygen atoms in total. The first-order valence-corrected chi connectivity index (χ1v) is 7.40. The van der Waals surface area contributed by atoms with E-state index < -0.39 is 0 Å². The van der Waals surface area contributed by atoms with Crippen LogP contribution in [0.1, 0.15) is 24.8 Å². The van der Waals surface area contributed by atoms with Gasteiger partial charge >= 0.3 is 0 Å². The zero-order chi connectivity index (χ0) is 14.2. The SMILES string of the molecule is CN1C(=O)[C@@]2(CCCN(CCCO)C2)c2ccccc21. The van der Waals surface area contributed by atoms with Gasteiger partial charge in [0.25, 0.3) is 0 Å². The van der Waals surface area contributed by atoms with E-state index in [1.807, 2.05) is 30.1 Å². The van der Waals surface area contributed by atoms with Crippen LogP contribution in [0.5, 0.6) is 0 Å². The van der Waals surface area contributed by atoms with Gasteiger partial charge in [-0.15, -0.1) is 0 Å². The molecule has 1 spiro atoms. The van der Waals surface area contributed by atoms with Crippen LogP contribution in [0.3, 0.4) is 0 Å². The minimum atomic E-state index is -0.362. The normalized spacial score (nSPS) is 26.3. The van der Waals surface area contributed by atoms with E-state index in [0.29, 0.717) is 0 Å². The van der Waals surface area contributed by atoms with Crippen molar-refractivity contribution in [2.24, 2.45) is 0 Å². The molecule has 0 saturated carbocycles. The minimum absolute atomic E-state index is 0.216. The van der Waals surface area contributed by atoms with Crippen molar-refractivity contribution >= 4 is 11.6 Å². The number of aliphatic hydroxyl groups is 1. The summed E-state index contributed by atoms with van der Waals surface area (Å²) in [5.41, 5.74) is 1.88. The third-order valence-electron chi connectivity index (χ3n) is 4.70. The second-order valence-electron chi connectivity index (χ2n) is 5.92. The van der Waals surface area contributed by atoms with Crippen LogP contribution in [0.2, 0.25) is 0 Å². The van der Waals surface area contributed by atoms with E-state index in [1.165, 1.54) is 5.56 Å². The number of fused-ring (bicyclic) bond motifs is 2. The molecule has 2 aliphatic heterocycles. The summed E-state index contributed by atoms with van der Waals surface area (Å²) >= 11 is 0. The fraction of sp³-hybridized carbons (Fsp3) is 0.562. The Morgan fingerprint density at radius 2 is 2.15 bits per heavy atom. The lowest BCUT2D eigenvalue weighted by molar-refractivity contribution is -0.124. The number of piperidine rings is 1. The number of benzene rings is 1. The number of amides is 1. The Labute approximate surface area is 120 Å². The number of aliphatic hydroxyl groups excluding tert-OH is 1. The predicted molar refractivity (Wildman–Crippen MR) is 78.9 cm³/mol. The molecule has 2 aliphatic rings. The van der Waals surface area contributed by atoms with Crippen molar-refractivity contribution in [1.82, 2.24) is 4.90 Å². The number of carbonyl (C=O) groups is 1. The average Bonchev–Trinajstić information content (AvgIpc) is 2.69. The fourth-order valence-electron chi connectivity index (χ4n) is 3.74. The lowest BCUT2D eigenvalue weighted by Crippen LogP contribution is -2.51. The Morgan fingerprint density at radius 1 is 1.35 bits per heavy atom. The monoisotopic (exact) mass is 274 g/mol. The van der Waals surface area contributed by atoms with E-state index in [1.54, 1.807) is 0 Å². The number of rotatable bonds is 3. The van der Waals surface area contributed by atoms with Gasteiger partial charge in [-0.2, -0.15) is 0 Å². The van der Waals surface area contributed by atoms with Gasteiger partial charge in [0.2, 0.25) is 5.91 Å². The molecule has 20 heavy (non-hydrogen) atoms. The van der Waals surface area contributed by atoms with Gasteiger partial charge in [0.1, 0.15) is 0 Å². The number of likely N-dealkylation sites (N-methyl/N-ethyl adjacent to an activating group) is 1. The minimum Gasteiger partial charge on any atom is -0.396 e. The van der Waals surface area contributed by atoms with Crippen LogP contribution in [-0.2, 0) is 10.2 Å². The number of para-hydroxylation sites is 1. The summed E-state index contributed by atoms with van der Waals surface area (Å²) in [7, 11) is 1.88. The summed E-state index contributed by atoms with van der Waals surface area (Å²) in [6.45, 7) is 2.90. The molecular weight excluding hydrogens is 252 g/mol. The zero-order valence-electron chi connectivity index (χ0n) is 12.0. The van der Waals surface area contributed by atoms with Crippen molar-refractivity contribution in [2.75, 3.05) is 38.2 Å². The van der Waals surface area contributed by atoms with E-state index in [4.69, 9.17) is 5.11 Å². The zero-order valence-corrected chi connectivity index (χ0v) is 12.0. The molecule has 1 atom stereocenters. The van der Waals surface area contributed by atoms with Crippen LogP contribution in [0.4, 0.5) is 5.69 Å². The highest BCUT2D eigenvalue weighted by molar-refractivity contribution is 6.08. The van der Waals surface area contributed by atoms with Gasteiger partial charge in [-0.05, 0) is 37.4 Å². The molecule has 1 fully saturated rings. The Kier molecular flexibility index (Phi) is 3.52. The number of nitrogens with zero attached hydrogens (tertiary/aromatic N) is 2. The summed E-state index contributed by atoms with van der Waals surface area (Å²) in [6.07, 6.45) is 2.75. The van der Waals surface area contributed by atoms with Crippen LogP contribution >= 0.6 is 0 Å². The van der Waals surface area contributed by atoms with Gasteiger partial charge in [-0.25, -0.2) is 0 Å². The Balaban J connectivity index is 1.93. The molecule has 4 heteroatoms. The maximum absolute atomic E-state index is 12.8. The third-order valence-corrected chi connectivity index (χ3v) is 4.70. The van der Waals surface area contributed by atoms with Crippen molar-refractivity contribution in [1.29, 1.82) is 0 Å². The van der Waals surface area contributed by atoms with E-state index in [9.17, 15) is 4.79 Å². The molecule has 0 unspecified atom stereocenters. The van der Waals surface area contributed by atoms with E-state index >= 15 is 0 Å². The molecule has 1 aromatic carbocycles. The molecular formula is C16H22N2O2. The largest absolute Gasteiger partial charge is 0.396 e. The number of carbonyl (C=O) groups excluding carboxylic acids is 1. The molecule has 3 rings (SSSR count). The molecule has 0 bridgehead atoms. The van der Waals surface area contributed by atoms with Gasteiger partial charge in [-0.1, -0.05) is 18.2 Å². The molecule has 1 aromatic rings. The van der Waals surface area contributed by atoms with Crippen LogP contribution in [0.15, 0.2) is 24.3 Å². The van der Waals surface area contributed by atoms with Crippen LogP contribution < -0.4 is 4.90 Å². The lowest BCUT2D eigenvalue weighted by Gasteiger charge is -2.39. The van der Waals surface area contributed by atoms with Crippen LogP contribution in [0.25, 0.3) is 0 Å². The lowest BCUT2D eigenvalue weighted by atomic mass is 9.75. The summed E-state index contributed by atoms with van der Waals surface area (Å²) in [5.74, 6) is 0.229. The molecule has 108 valence electrons. The molecule has 1 amide bonds. The van der Waals surface area contributed by atoms with Crippen LogP contribution in [0, 0.1) is 0 Å². The van der Waals surface area contributed by atoms with Crippen molar-refractivity contribution in [3.8, 4) is 0 Å². The smallest absolute Gasteiger partial charge is 0.238 e. The second-order valence-corrected chi connectivity index (χ2v) is 5.92. The molecule has 2 heterocycles. The van der Waals surface area contributed by atoms with Gasteiger partial charge in [0, 0.05) is 32.4 Å². The number of hydrogen-bond acceptors (Lipinski definition) is 3. The first-order chi connectivity index (χ1) is 9.69. The van der Waals surface area contributed by atoms with Gasteiger partial charge in [-0.3, -0.25) is 4.79 Å². The molecule has 0 aliphatic carbocycles. The first kappa shape index (κ1) is 13.6. The second kappa shape index (κ2) is 5.19. The highest BCUT2D eigenvalue weighted by atomic mass is 16.3. The Bertz CT molecular complexity index is 517. The first-order valence-electron chi connectivity index (χ1n) is 7.40. The number of likely N-dealkylation sites (tertiary alicyclic amines) is 1. The summed E-state index contributed by atoms with van der Waals surface area (Å²) < 4.78 is 0. The predicted octanol–water partition coefficient (Wildman–Crippen LogP) is 1.38. The van der Waals surface area contributed by atoms with E-state index in [2.05, 4.69) is 11.0 Å². The molecule has 0 aromatic heterocycles. The van der Waals surface area contributed by atoms with E-state index in [-0.39, 0.29) is 17.9 Å². The summed E-state index contributed by atoms with van der Waals surface area (Å²) in [6, 6.07) is 8.16. The quantitative estimate of drug-likeness (QED) is 0.905. The molecule has 1 N–H and O–H groups in total. The van der Waals surface area contributed by atoms with Crippen molar-refractivity contribution in [2.45, 2.75) is 24.7 Å². The molecule has 0 radical (unpaired) electrons. The van der Waals surface area contributed by atoms with Gasteiger partial charge in [0.15, 0.2) is 0 Å². The summed E-state index contributed by atoms with van der Waals surface area (Å²) in [4.78, 5) is 16.9. The maximum atomic E-state index is 12.8. The van der Waals surface area contributed by atoms with Crippen molar-refractivity contribution < 1.29 is 9.90 Å². The Hall–Kier alpha value is -1.39.